The molecule has 1 amide bonds. The Morgan fingerprint density at radius 2 is 1.97 bits per heavy atom. The van der Waals surface area contributed by atoms with Crippen LogP contribution in [0.1, 0.15) is 11.1 Å². The van der Waals surface area contributed by atoms with Crippen LogP contribution in [-0.2, 0) is 20.7 Å². The average Bonchev–Trinajstić information content (AvgIpc) is 3.01. The van der Waals surface area contributed by atoms with Crippen molar-refractivity contribution < 1.29 is 19.1 Å². The Labute approximate surface area is 182 Å². The van der Waals surface area contributed by atoms with Crippen molar-refractivity contribution in [3.63, 3.8) is 0 Å². The molecule has 150 valence electrons. The molecule has 1 atom stereocenters. The Bertz CT molecular complexity index is 992. The van der Waals surface area contributed by atoms with E-state index >= 15 is 0 Å². The van der Waals surface area contributed by atoms with Crippen molar-refractivity contribution in [2.75, 3.05) is 7.11 Å². The number of esters is 1. The van der Waals surface area contributed by atoms with Gasteiger partial charge in [0.05, 0.1) is 17.0 Å². The van der Waals surface area contributed by atoms with Crippen molar-refractivity contribution >= 4 is 57.9 Å². The lowest BCUT2D eigenvalue weighted by Crippen LogP contribution is -2.33. The molecule has 0 spiro atoms. The summed E-state index contributed by atoms with van der Waals surface area (Å²) in [6.07, 6.45) is 2.06. The number of halogens is 1. The van der Waals surface area contributed by atoms with Gasteiger partial charge in [-0.05, 0) is 54.0 Å². The molecule has 0 aliphatic carbocycles. The molecule has 0 unspecified atom stereocenters. The molecule has 0 aromatic heterocycles. The van der Waals surface area contributed by atoms with Crippen molar-refractivity contribution in [1.29, 1.82) is 0 Å². The topological polar surface area (TPSA) is 90.7 Å². The molecule has 1 aliphatic rings. The van der Waals surface area contributed by atoms with Crippen LogP contribution < -0.4 is 15.8 Å². The fourth-order valence-corrected chi connectivity index (χ4v) is 3.83. The van der Waals surface area contributed by atoms with E-state index in [2.05, 4.69) is 10.1 Å². The zero-order valence-corrected chi connectivity index (χ0v) is 17.7. The molecule has 0 radical (unpaired) electrons. The van der Waals surface area contributed by atoms with E-state index in [1.54, 1.807) is 36.4 Å². The third-order valence-electron chi connectivity index (χ3n) is 4.02. The number of carbonyl (C=O) groups is 2. The Morgan fingerprint density at radius 1 is 1.28 bits per heavy atom. The van der Waals surface area contributed by atoms with Gasteiger partial charge in [0.1, 0.15) is 21.9 Å². The van der Waals surface area contributed by atoms with Crippen molar-refractivity contribution in [2.45, 2.75) is 12.5 Å². The van der Waals surface area contributed by atoms with Gasteiger partial charge in [-0.2, -0.15) is 0 Å². The predicted octanol–water partition coefficient (Wildman–Crippen LogP) is 3.66. The van der Waals surface area contributed by atoms with Gasteiger partial charge in [0.15, 0.2) is 0 Å². The third-order valence-corrected chi connectivity index (χ3v) is 5.51. The molecule has 0 bridgehead atoms. The summed E-state index contributed by atoms with van der Waals surface area (Å²) in [5.41, 5.74) is 7.35. The molecular weight excluding hydrogens is 432 g/mol. The molecule has 6 nitrogen and oxygen atoms in total. The van der Waals surface area contributed by atoms with E-state index in [1.807, 2.05) is 12.1 Å². The van der Waals surface area contributed by atoms with Gasteiger partial charge in [0, 0.05) is 0 Å². The Kier molecular flexibility index (Phi) is 6.92. The van der Waals surface area contributed by atoms with Crippen LogP contribution in [-0.4, -0.2) is 29.3 Å². The number of amides is 1. The second kappa shape index (κ2) is 9.41. The van der Waals surface area contributed by atoms with Crippen molar-refractivity contribution in [3.05, 3.63) is 63.5 Å². The van der Waals surface area contributed by atoms with E-state index < -0.39 is 12.0 Å². The number of methoxy groups -OCH3 is 1. The standard InChI is InChI=1S/C20H17ClN2O4S2/c1-26-19(25)16(22)8-11-2-5-13(6-3-11)27-14-7-4-12(15(21)10-14)9-17-18(24)23-20(28)29-17/h2-7,9-10,16H,8,22H2,1H3,(H,23,24,28)/t16-/m0/s1. The summed E-state index contributed by atoms with van der Waals surface area (Å²) < 4.78 is 10.9. The van der Waals surface area contributed by atoms with Crippen molar-refractivity contribution in [1.82, 2.24) is 5.32 Å². The van der Waals surface area contributed by atoms with Crippen LogP contribution in [0.5, 0.6) is 11.5 Å². The van der Waals surface area contributed by atoms with Crippen molar-refractivity contribution in [3.8, 4) is 11.5 Å². The minimum atomic E-state index is -0.707. The molecule has 1 saturated heterocycles. The summed E-state index contributed by atoms with van der Waals surface area (Å²) in [6, 6.07) is 11.7. The predicted molar refractivity (Wildman–Crippen MR) is 118 cm³/mol. The second-order valence-electron chi connectivity index (χ2n) is 6.12. The highest BCUT2D eigenvalue weighted by Crippen LogP contribution is 2.31. The third kappa shape index (κ3) is 5.57. The minimum absolute atomic E-state index is 0.233. The Hall–Kier alpha value is -2.39. The second-order valence-corrected chi connectivity index (χ2v) is 8.24. The van der Waals surface area contributed by atoms with E-state index in [0.29, 0.717) is 37.7 Å². The summed E-state index contributed by atoms with van der Waals surface area (Å²) in [4.78, 5) is 23.7. The highest BCUT2D eigenvalue weighted by Gasteiger charge is 2.22. The van der Waals surface area contributed by atoms with Crippen LogP contribution in [0.2, 0.25) is 5.02 Å². The lowest BCUT2D eigenvalue weighted by atomic mass is 10.1. The van der Waals surface area contributed by atoms with Crippen LogP contribution in [0.15, 0.2) is 47.4 Å². The zero-order chi connectivity index (χ0) is 21.0. The average molecular weight is 449 g/mol. The van der Waals surface area contributed by atoms with Gasteiger partial charge in [-0.1, -0.05) is 47.7 Å². The number of thiocarbonyl (C=S) groups is 1. The monoisotopic (exact) mass is 448 g/mol. The van der Waals surface area contributed by atoms with Gasteiger partial charge in [0.2, 0.25) is 0 Å². The molecule has 9 heteroatoms. The quantitative estimate of drug-likeness (QED) is 0.396. The fourth-order valence-electron chi connectivity index (χ4n) is 2.57. The minimum Gasteiger partial charge on any atom is -0.468 e. The first-order valence-electron chi connectivity index (χ1n) is 8.50. The molecule has 2 aromatic rings. The maximum atomic E-state index is 11.8. The Morgan fingerprint density at radius 3 is 2.55 bits per heavy atom. The number of hydrogen-bond donors (Lipinski definition) is 2. The summed E-state index contributed by atoms with van der Waals surface area (Å²) in [6.45, 7) is 0. The van der Waals surface area contributed by atoms with Crippen LogP contribution in [0, 0.1) is 0 Å². The van der Waals surface area contributed by atoms with E-state index in [0.717, 1.165) is 5.56 Å². The van der Waals surface area contributed by atoms with Gasteiger partial charge >= 0.3 is 5.97 Å². The van der Waals surface area contributed by atoms with Gasteiger partial charge in [-0.3, -0.25) is 9.59 Å². The number of carbonyl (C=O) groups excluding carboxylic acids is 2. The van der Waals surface area contributed by atoms with Gasteiger partial charge in [-0.25, -0.2) is 0 Å². The SMILES string of the molecule is COC(=O)[C@@H](N)Cc1ccc(Oc2ccc(C=C3SC(=S)NC3=O)c(Cl)c2)cc1. The highest BCUT2D eigenvalue weighted by molar-refractivity contribution is 8.26. The van der Waals surface area contributed by atoms with E-state index in [1.165, 1.54) is 18.9 Å². The van der Waals surface area contributed by atoms with Crippen LogP contribution in [0.4, 0.5) is 0 Å². The van der Waals surface area contributed by atoms with E-state index in [9.17, 15) is 9.59 Å². The summed E-state index contributed by atoms with van der Waals surface area (Å²) in [5, 5.41) is 3.01. The molecular formula is C20H17ClN2O4S2. The number of thioether (sulfide) groups is 1. The number of nitrogens with one attached hydrogen (secondary N) is 1. The van der Waals surface area contributed by atoms with E-state index in [-0.39, 0.29) is 5.91 Å². The maximum absolute atomic E-state index is 11.8. The van der Waals surface area contributed by atoms with Crippen molar-refractivity contribution in [2.24, 2.45) is 5.73 Å². The molecule has 29 heavy (non-hydrogen) atoms. The van der Waals surface area contributed by atoms with Gasteiger partial charge < -0.3 is 20.5 Å². The molecule has 2 aromatic carbocycles. The number of hydrogen-bond acceptors (Lipinski definition) is 7. The van der Waals surface area contributed by atoms with Gasteiger partial charge in [-0.15, -0.1) is 0 Å². The smallest absolute Gasteiger partial charge is 0.322 e. The highest BCUT2D eigenvalue weighted by atomic mass is 35.5. The maximum Gasteiger partial charge on any atom is 0.322 e. The first kappa shape index (κ1) is 21.3. The van der Waals surface area contributed by atoms with Gasteiger partial charge in [0.25, 0.3) is 5.91 Å². The number of ether oxygens (including phenoxy) is 2. The van der Waals surface area contributed by atoms with Crippen LogP contribution in [0.25, 0.3) is 6.08 Å². The summed E-state index contributed by atoms with van der Waals surface area (Å²) >= 11 is 12.5. The molecule has 0 saturated carbocycles. The van der Waals surface area contributed by atoms with E-state index in [4.69, 9.17) is 34.3 Å². The lowest BCUT2D eigenvalue weighted by Gasteiger charge is -2.11. The lowest BCUT2D eigenvalue weighted by molar-refractivity contribution is -0.142. The number of benzene rings is 2. The number of nitrogens with two attached hydrogens (primary N) is 1. The molecule has 1 aliphatic heterocycles. The first-order chi connectivity index (χ1) is 13.9. The van der Waals surface area contributed by atoms with Crippen LogP contribution in [0.3, 0.4) is 0 Å². The fraction of sp³-hybridized carbons (Fsp3) is 0.150. The van der Waals surface area contributed by atoms with Crippen LogP contribution >= 0.6 is 35.6 Å². The summed E-state index contributed by atoms with van der Waals surface area (Å²) in [5.74, 6) is 0.475. The molecule has 3 rings (SSSR count). The Balaban J connectivity index is 1.67. The molecule has 3 N–H and O–H groups in total. The zero-order valence-electron chi connectivity index (χ0n) is 15.3. The molecule has 1 heterocycles. The largest absolute Gasteiger partial charge is 0.468 e. The first-order valence-corrected chi connectivity index (χ1v) is 10.1. The normalized spacial score (nSPS) is 15.9. The number of rotatable bonds is 6. The molecule has 1 fully saturated rings. The summed E-state index contributed by atoms with van der Waals surface area (Å²) in [7, 11) is 1.31.